The highest BCUT2D eigenvalue weighted by atomic mass is 16.2. The lowest BCUT2D eigenvalue weighted by atomic mass is 9.63. The van der Waals surface area contributed by atoms with E-state index < -0.39 is 0 Å². The first-order valence-electron chi connectivity index (χ1n) is 9.80. The second-order valence-electron chi connectivity index (χ2n) is 8.26. The van der Waals surface area contributed by atoms with Gasteiger partial charge in [0.2, 0.25) is 5.91 Å². The van der Waals surface area contributed by atoms with Crippen LogP contribution in [-0.2, 0) is 16.6 Å². The number of likely N-dealkylation sites (N-methyl/N-ethyl adjacent to an activating group) is 1. The summed E-state index contributed by atoms with van der Waals surface area (Å²) in [5.74, 6) is 0.294. The summed E-state index contributed by atoms with van der Waals surface area (Å²) >= 11 is 0. The molecule has 1 aromatic heterocycles. The van der Waals surface area contributed by atoms with Crippen molar-refractivity contribution in [3.8, 4) is 11.1 Å². The summed E-state index contributed by atoms with van der Waals surface area (Å²) in [6.45, 7) is 2.35. The topological polar surface area (TPSA) is 33.2 Å². The number of amides is 1. The molecule has 5 rings (SSSR count). The zero-order chi connectivity index (χ0) is 18.6. The third-order valence-electron chi connectivity index (χ3n) is 6.80. The Labute approximate surface area is 160 Å². The molecule has 2 heterocycles. The van der Waals surface area contributed by atoms with Gasteiger partial charge in [-0.2, -0.15) is 0 Å². The number of piperidine rings is 1. The van der Waals surface area contributed by atoms with Gasteiger partial charge in [0.1, 0.15) is 0 Å². The van der Waals surface area contributed by atoms with Gasteiger partial charge in [-0.3, -0.25) is 9.78 Å². The molecule has 0 bridgehead atoms. The average molecular weight is 356 g/mol. The van der Waals surface area contributed by atoms with Crippen LogP contribution < -0.4 is 0 Å². The number of carbonyl (C=O) groups is 1. The highest BCUT2D eigenvalue weighted by molar-refractivity contribution is 5.84. The van der Waals surface area contributed by atoms with Gasteiger partial charge in [0, 0.05) is 36.5 Å². The van der Waals surface area contributed by atoms with Crippen molar-refractivity contribution in [3.63, 3.8) is 0 Å². The van der Waals surface area contributed by atoms with Crippen LogP contribution in [0.4, 0.5) is 0 Å². The number of aromatic nitrogens is 1. The minimum Gasteiger partial charge on any atom is -0.342 e. The van der Waals surface area contributed by atoms with Crippen LogP contribution in [0.1, 0.15) is 37.3 Å². The van der Waals surface area contributed by atoms with Crippen molar-refractivity contribution < 1.29 is 4.79 Å². The van der Waals surface area contributed by atoms with E-state index in [0.29, 0.717) is 18.4 Å². The first-order chi connectivity index (χ1) is 13.1. The summed E-state index contributed by atoms with van der Waals surface area (Å²) in [6, 6.07) is 17.8. The summed E-state index contributed by atoms with van der Waals surface area (Å²) in [4.78, 5) is 18.6. The monoisotopic (exact) mass is 356 g/mol. The van der Waals surface area contributed by atoms with Crippen LogP contribution >= 0.6 is 0 Å². The molecule has 0 N–H and O–H groups in total. The number of fused-ring (bicyclic) bond motifs is 4. The molecule has 0 spiro atoms. The molecule has 136 valence electrons. The standard InChI is InChI=1S/C24H24N2O/c1-24-12-11-23(27)26(2)22(24)10-7-18-14-16(5-8-20(18)24)17-6-9-21-19(15-17)4-3-13-25-21/h3-6,8-9,13-15,22H,7,10-12H2,1-2H3/t22-,24-/m1/s1. The number of carbonyl (C=O) groups excluding carboxylic acids is 1. The summed E-state index contributed by atoms with van der Waals surface area (Å²) < 4.78 is 0. The highest BCUT2D eigenvalue weighted by Crippen LogP contribution is 2.46. The quantitative estimate of drug-likeness (QED) is 0.632. The molecule has 0 saturated carbocycles. The number of hydrogen-bond donors (Lipinski definition) is 0. The Balaban J connectivity index is 1.56. The zero-order valence-corrected chi connectivity index (χ0v) is 15.9. The summed E-state index contributed by atoms with van der Waals surface area (Å²) in [7, 11) is 1.98. The third kappa shape index (κ3) is 2.48. The first-order valence-corrected chi connectivity index (χ1v) is 9.80. The molecule has 1 aliphatic carbocycles. The van der Waals surface area contributed by atoms with Gasteiger partial charge in [-0.25, -0.2) is 0 Å². The van der Waals surface area contributed by atoms with E-state index in [9.17, 15) is 4.79 Å². The maximum atomic E-state index is 12.2. The molecule has 2 aliphatic rings. The Morgan fingerprint density at radius 1 is 1.07 bits per heavy atom. The zero-order valence-electron chi connectivity index (χ0n) is 15.9. The van der Waals surface area contributed by atoms with E-state index in [2.05, 4.69) is 54.4 Å². The van der Waals surface area contributed by atoms with Gasteiger partial charge in [0.25, 0.3) is 0 Å². The average Bonchev–Trinajstić information content (AvgIpc) is 2.70. The maximum Gasteiger partial charge on any atom is 0.222 e. The molecule has 3 nitrogen and oxygen atoms in total. The fourth-order valence-electron chi connectivity index (χ4n) is 5.22. The predicted molar refractivity (Wildman–Crippen MR) is 109 cm³/mol. The van der Waals surface area contributed by atoms with E-state index >= 15 is 0 Å². The molecular formula is C24H24N2O. The lowest BCUT2D eigenvalue weighted by Gasteiger charge is -2.50. The predicted octanol–water partition coefficient (Wildman–Crippen LogP) is 4.73. The van der Waals surface area contributed by atoms with Crippen LogP contribution in [0.3, 0.4) is 0 Å². The SMILES string of the molecule is CN1C(=O)CC[C@]2(C)c3ccc(-c4ccc5ncccc5c4)cc3CC[C@@H]12. The Kier molecular flexibility index (Phi) is 3.61. The first kappa shape index (κ1) is 16.5. The molecule has 1 aliphatic heterocycles. The number of rotatable bonds is 1. The summed E-state index contributed by atoms with van der Waals surface area (Å²) in [5.41, 5.74) is 6.49. The Bertz CT molecular complexity index is 1060. The lowest BCUT2D eigenvalue weighted by Crippen LogP contribution is -2.56. The number of nitrogens with zero attached hydrogens (tertiary/aromatic N) is 2. The molecule has 0 radical (unpaired) electrons. The van der Waals surface area contributed by atoms with Crippen LogP contribution in [-0.4, -0.2) is 28.9 Å². The number of aryl methyl sites for hydroxylation is 1. The molecule has 1 fully saturated rings. The number of hydrogen-bond acceptors (Lipinski definition) is 2. The summed E-state index contributed by atoms with van der Waals surface area (Å²) in [5, 5.41) is 1.17. The van der Waals surface area contributed by atoms with E-state index in [-0.39, 0.29) is 5.41 Å². The van der Waals surface area contributed by atoms with Crippen LogP contribution in [0.2, 0.25) is 0 Å². The van der Waals surface area contributed by atoms with Crippen molar-refractivity contribution in [2.24, 2.45) is 0 Å². The second kappa shape index (κ2) is 5.91. The second-order valence-corrected chi connectivity index (χ2v) is 8.26. The van der Waals surface area contributed by atoms with Crippen molar-refractivity contribution in [2.75, 3.05) is 7.05 Å². The fourth-order valence-corrected chi connectivity index (χ4v) is 5.22. The third-order valence-corrected chi connectivity index (χ3v) is 6.80. The molecular weight excluding hydrogens is 332 g/mol. The molecule has 2 atom stereocenters. The Morgan fingerprint density at radius 3 is 2.78 bits per heavy atom. The molecule has 27 heavy (non-hydrogen) atoms. The van der Waals surface area contributed by atoms with E-state index in [1.54, 1.807) is 0 Å². The fraction of sp³-hybridized carbons (Fsp3) is 0.333. The number of pyridine rings is 1. The van der Waals surface area contributed by atoms with Gasteiger partial charge < -0.3 is 4.90 Å². The molecule has 3 heteroatoms. The van der Waals surface area contributed by atoms with Crippen LogP contribution in [0.5, 0.6) is 0 Å². The molecule has 1 saturated heterocycles. The number of benzene rings is 2. The largest absolute Gasteiger partial charge is 0.342 e. The molecule has 3 aromatic rings. The van der Waals surface area contributed by atoms with Crippen LogP contribution in [0.15, 0.2) is 54.7 Å². The van der Waals surface area contributed by atoms with E-state index in [4.69, 9.17) is 0 Å². The Hall–Kier alpha value is -2.68. The Morgan fingerprint density at radius 2 is 1.89 bits per heavy atom. The van der Waals surface area contributed by atoms with E-state index in [1.807, 2.05) is 24.2 Å². The van der Waals surface area contributed by atoms with Gasteiger partial charge in [-0.05, 0) is 59.7 Å². The molecule has 1 amide bonds. The van der Waals surface area contributed by atoms with E-state index in [1.165, 1.54) is 27.6 Å². The summed E-state index contributed by atoms with van der Waals surface area (Å²) in [6.07, 6.45) is 5.54. The molecule has 2 aromatic carbocycles. The van der Waals surface area contributed by atoms with Gasteiger partial charge in [-0.15, -0.1) is 0 Å². The van der Waals surface area contributed by atoms with Crippen LogP contribution in [0.25, 0.3) is 22.0 Å². The van der Waals surface area contributed by atoms with Crippen molar-refractivity contribution in [1.29, 1.82) is 0 Å². The normalized spacial score (nSPS) is 24.6. The maximum absolute atomic E-state index is 12.2. The van der Waals surface area contributed by atoms with Crippen LogP contribution in [0, 0.1) is 0 Å². The van der Waals surface area contributed by atoms with Gasteiger partial charge in [0.15, 0.2) is 0 Å². The van der Waals surface area contributed by atoms with Crippen molar-refractivity contribution in [2.45, 2.75) is 44.1 Å². The minimum absolute atomic E-state index is 0.0715. The van der Waals surface area contributed by atoms with Gasteiger partial charge >= 0.3 is 0 Å². The van der Waals surface area contributed by atoms with Crippen molar-refractivity contribution in [3.05, 3.63) is 65.9 Å². The highest BCUT2D eigenvalue weighted by Gasteiger charge is 2.46. The minimum atomic E-state index is 0.0715. The van der Waals surface area contributed by atoms with Gasteiger partial charge in [-0.1, -0.05) is 37.3 Å². The number of likely N-dealkylation sites (tertiary alicyclic amines) is 1. The smallest absolute Gasteiger partial charge is 0.222 e. The van der Waals surface area contributed by atoms with Crippen molar-refractivity contribution >= 4 is 16.8 Å². The van der Waals surface area contributed by atoms with E-state index in [0.717, 1.165) is 24.8 Å². The molecule has 0 unspecified atom stereocenters. The van der Waals surface area contributed by atoms with Crippen molar-refractivity contribution in [1.82, 2.24) is 9.88 Å². The van der Waals surface area contributed by atoms with Gasteiger partial charge in [0.05, 0.1) is 5.52 Å². The lowest BCUT2D eigenvalue weighted by molar-refractivity contribution is -0.138.